The molecule has 2 aromatic rings. The lowest BCUT2D eigenvalue weighted by Gasteiger charge is -2.32. The van der Waals surface area contributed by atoms with Crippen LogP contribution in [0.5, 0.6) is 5.75 Å². The number of rotatable bonds is 5. The van der Waals surface area contributed by atoms with Gasteiger partial charge in [-0.1, -0.05) is 6.07 Å². The van der Waals surface area contributed by atoms with E-state index in [1.807, 2.05) is 17.0 Å². The molecular formula is C25H28F2N2O3. The van der Waals surface area contributed by atoms with Gasteiger partial charge in [0.1, 0.15) is 22.9 Å². The summed E-state index contributed by atoms with van der Waals surface area (Å²) < 4.78 is 33.7. The second-order valence-electron chi connectivity index (χ2n) is 8.52. The van der Waals surface area contributed by atoms with Crippen LogP contribution in [0, 0.1) is 17.6 Å². The van der Waals surface area contributed by atoms with Crippen molar-refractivity contribution >= 4 is 11.8 Å². The SMILES string of the molecule is O=C(c1ccc(OCC2CCN(C(=O)c3c(F)cccc3F)CC2)cc1)N1CCCCC1. The monoisotopic (exact) mass is 442 g/mol. The molecule has 0 aromatic heterocycles. The second kappa shape index (κ2) is 10.1. The number of amides is 2. The van der Waals surface area contributed by atoms with Crippen LogP contribution in [0.3, 0.4) is 0 Å². The molecule has 0 saturated carbocycles. The van der Waals surface area contributed by atoms with E-state index in [-0.39, 0.29) is 11.8 Å². The van der Waals surface area contributed by atoms with Crippen LogP contribution in [-0.4, -0.2) is 54.4 Å². The minimum Gasteiger partial charge on any atom is -0.493 e. The van der Waals surface area contributed by atoms with Crippen LogP contribution < -0.4 is 4.74 Å². The van der Waals surface area contributed by atoms with Crippen molar-refractivity contribution in [1.82, 2.24) is 9.80 Å². The molecule has 0 radical (unpaired) electrons. The highest BCUT2D eigenvalue weighted by atomic mass is 19.1. The average molecular weight is 443 g/mol. The molecule has 0 atom stereocenters. The van der Waals surface area contributed by atoms with Crippen molar-refractivity contribution in [3.05, 3.63) is 65.2 Å². The number of piperidine rings is 2. The molecule has 5 nitrogen and oxygen atoms in total. The Morgan fingerprint density at radius 3 is 2.03 bits per heavy atom. The van der Waals surface area contributed by atoms with E-state index in [4.69, 9.17) is 4.74 Å². The Morgan fingerprint density at radius 2 is 1.41 bits per heavy atom. The highest BCUT2D eigenvalue weighted by molar-refractivity contribution is 5.95. The topological polar surface area (TPSA) is 49.9 Å². The Morgan fingerprint density at radius 1 is 0.812 bits per heavy atom. The van der Waals surface area contributed by atoms with Crippen LogP contribution in [-0.2, 0) is 0 Å². The van der Waals surface area contributed by atoms with Crippen molar-refractivity contribution in [2.75, 3.05) is 32.8 Å². The summed E-state index contributed by atoms with van der Waals surface area (Å²) in [7, 11) is 0. The largest absolute Gasteiger partial charge is 0.493 e. The molecule has 2 fully saturated rings. The normalized spacial score (nSPS) is 17.3. The van der Waals surface area contributed by atoms with Gasteiger partial charge in [-0.05, 0) is 74.4 Å². The molecule has 4 rings (SSSR count). The van der Waals surface area contributed by atoms with Crippen molar-refractivity contribution in [3.8, 4) is 5.75 Å². The quantitative estimate of drug-likeness (QED) is 0.684. The van der Waals surface area contributed by atoms with Gasteiger partial charge in [0.15, 0.2) is 0 Å². The zero-order valence-corrected chi connectivity index (χ0v) is 18.1. The van der Waals surface area contributed by atoms with E-state index >= 15 is 0 Å². The van der Waals surface area contributed by atoms with Crippen molar-refractivity contribution < 1.29 is 23.1 Å². The van der Waals surface area contributed by atoms with Crippen LogP contribution >= 0.6 is 0 Å². The van der Waals surface area contributed by atoms with Gasteiger partial charge < -0.3 is 14.5 Å². The first-order chi connectivity index (χ1) is 15.5. The van der Waals surface area contributed by atoms with E-state index in [2.05, 4.69) is 0 Å². The van der Waals surface area contributed by atoms with Crippen molar-refractivity contribution in [2.24, 2.45) is 5.92 Å². The Balaban J connectivity index is 1.25. The first-order valence-corrected chi connectivity index (χ1v) is 11.3. The number of halogens is 2. The number of carbonyl (C=O) groups is 2. The molecule has 2 aromatic carbocycles. The predicted molar refractivity (Wildman–Crippen MR) is 117 cm³/mol. The summed E-state index contributed by atoms with van der Waals surface area (Å²) in [5.41, 5.74) is 0.188. The number of nitrogens with zero attached hydrogens (tertiary/aromatic N) is 2. The smallest absolute Gasteiger partial charge is 0.259 e. The number of hydrogen-bond donors (Lipinski definition) is 0. The van der Waals surface area contributed by atoms with Crippen LogP contribution in [0.2, 0.25) is 0 Å². The molecule has 2 heterocycles. The lowest BCUT2D eigenvalue weighted by Crippen LogP contribution is -2.40. The first-order valence-electron chi connectivity index (χ1n) is 11.3. The van der Waals surface area contributed by atoms with Gasteiger partial charge in [0, 0.05) is 31.7 Å². The molecule has 2 aliphatic heterocycles. The van der Waals surface area contributed by atoms with Crippen LogP contribution in [0.25, 0.3) is 0 Å². The highest BCUT2D eigenvalue weighted by Gasteiger charge is 2.27. The third-order valence-corrected chi connectivity index (χ3v) is 6.31. The molecule has 0 unspecified atom stereocenters. The molecule has 0 bridgehead atoms. The van der Waals surface area contributed by atoms with Gasteiger partial charge in [-0.15, -0.1) is 0 Å². The first kappa shape index (κ1) is 22.2. The minimum atomic E-state index is -0.831. The molecule has 2 amide bonds. The Bertz CT molecular complexity index is 930. The third-order valence-electron chi connectivity index (χ3n) is 6.31. The fourth-order valence-electron chi connectivity index (χ4n) is 4.35. The van der Waals surface area contributed by atoms with Crippen LogP contribution in [0.1, 0.15) is 52.8 Å². The summed E-state index contributed by atoms with van der Waals surface area (Å²) in [4.78, 5) is 28.5. The van der Waals surface area contributed by atoms with E-state index < -0.39 is 23.1 Å². The fraction of sp³-hybridized carbons (Fsp3) is 0.440. The van der Waals surface area contributed by atoms with Crippen LogP contribution in [0.15, 0.2) is 42.5 Å². The van der Waals surface area contributed by atoms with Crippen molar-refractivity contribution in [2.45, 2.75) is 32.1 Å². The standard InChI is InChI=1S/C25H28F2N2O3/c26-21-5-4-6-22(27)23(21)25(31)29-15-11-18(12-16-29)17-32-20-9-7-19(8-10-20)24(30)28-13-2-1-3-14-28/h4-10,18H,1-3,11-17H2. The Kier molecular flexibility index (Phi) is 7.02. The number of hydrogen-bond acceptors (Lipinski definition) is 3. The highest BCUT2D eigenvalue weighted by Crippen LogP contribution is 2.23. The Hall–Kier alpha value is -2.96. The summed E-state index contributed by atoms with van der Waals surface area (Å²) in [5.74, 6) is -1.25. The molecule has 2 aliphatic rings. The predicted octanol–water partition coefficient (Wildman–Crippen LogP) is 4.52. The maximum absolute atomic E-state index is 13.9. The summed E-state index contributed by atoms with van der Waals surface area (Å²) in [6.07, 6.45) is 4.71. The molecule has 170 valence electrons. The average Bonchev–Trinajstić information content (AvgIpc) is 2.83. The number of carbonyl (C=O) groups excluding carboxylic acids is 2. The number of benzene rings is 2. The minimum absolute atomic E-state index is 0.0691. The molecular weight excluding hydrogens is 414 g/mol. The van der Waals surface area contributed by atoms with E-state index in [0.29, 0.717) is 43.9 Å². The summed E-state index contributed by atoms with van der Waals surface area (Å²) >= 11 is 0. The second-order valence-corrected chi connectivity index (χ2v) is 8.52. The lowest BCUT2D eigenvalue weighted by molar-refractivity contribution is 0.0650. The lowest BCUT2D eigenvalue weighted by atomic mass is 9.97. The fourth-order valence-corrected chi connectivity index (χ4v) is 4.35. The zero-order chi connectivity index (χ0) is 22.5. The molecule has 0 N–H and O–H groups in total. The van der Waals surface area contributed by atoms with Gasteiger partial charge in [0.05, 0.1) is 6.61 Å². The van der Waals surface area contributed by atoms with Crippen molar-refractivity contribution in [1.29, 1.82) is 0 Å². The van der Waals surface area contributed by atoms with E-state index in [9.17, 15) is 18.4 Å². The molecule has 0 spiro atoms. The van der Waals surface area contributed by atoms with Crippen LogP contribution in [0.4, 0.5) is 8.78 Å². The van der Waals surface area contributed by atoms with E-state index in [1.54, 1.807) is 12.1 Å². The molecule has 0 aliphatic carbocycles. The maximum Gasteiger partial charge on any atom is 0.259 e. The third kappa shape index (κ3) is 5.09. The van der Waals surface area contributed by atoms with Gasteiger partial charge in [-0.25, -0.2) is 8.78 Å². The van der Waals surface area contributed by atoms with E-state index in [1.165, 1.54) is 17.4 Å². The Labute approximate surface area is 187 Å². The summed E-state index contributed by atoms with van der Waals surface area (Å²) in [5, 5.41) is 0. The summed E-state index contributed by atoms with van der Waals surface area (Å²) in [6, 6.07) is 10.7. The van der Waals surface area contributed by atoms with Gasteiger partial charge >= 0.3 is 0 Å². The summed E-state index contributed by atoms with van der Waals surface area (Å²) in [6.45, 7) is 3.01. The maximum atomic E-state index is 13.9. The van der Waals surface area contributed by atoms with Gasteiger partial charge in [-0.2, -0.15) is 0 Å². The molecule has 32 heavy (non-hydrogen) atoms. The van der Waals surface area contributed by atoms with E-state index in [0.717, 1.165) is 38.1 Å². The number of likely N-dealkylation sites (tertiary alicyclic amines) is 2. The number of ether oxygens (including phenoxy) is 1. The molecule has 2 saturated heterocycles. The molecule has 7 heteroatoms. The van der Waals surface area contributed by atoms with Crippen molar-refractivity contribution in [3.63, 3.8) is 0 Å². The zero-order valence-electron chi connectivity index (χ0n) is 18.1. The van der Waals surface area contributed by atoms with Gasteiger partial charge in [-0.3, -0.25) is 9.59 Å². The van der Waals surface area contributed by atoms with Gasteiger partial charge in [0.25, 0.3) is 11.8 Å². The van der Waals surface area contributed by atoms with Gasteiger partial charge in [0.2, 0.25) is 0 Å².